The van der Waals surface area contributed by atoms with E-state index in [1.807, 2.05) is 25.2 Å². The van der Waals surface area contributed by atoms with Gasteiger partial charge in [-0.3, -0.25) is 0 Å². The van der Waals surface area contributed by atoms with Crippen LogP contribution < -0.4 is 5.32 Å². The lowest BCUT2D eigenvalue weighted by Gasteiger charge is -2.06. The van der Waals surface area contributed by atoms with Crippen LogP contribution >= 0.6 is 15.9 Å². The highest BCUT2D eigenvalue weighted by Crippen LogP contribution is 2.29. The molecule has 1 N–H and O–H groups in total. The first-order valence-electron chi connectivity index (χ1n) is 5.65. The van der Waals surface area contributed by atoms with Crippen molar-refractivity contribution in [2.75, 3.05) is 7.05 Å². The van der Waals surface area contributed by atoms with E-state index >= 15 is 0 Å². The smallest absolute Gasteiger partial charge is 0.134 e. The van der Waals surface area contributed by atoms with Crippen molar-refractivity contribution in [3.05, 3.63) is 46.1 Å². The predicted molar refractivity (Wildman–Crippen MR) is 74.1 cm³/mol. The molecule has 0 fully saturated rings. The van der Waals surface area contributed by atoms with Crippen molar-refractivity contribution in [1.29, 1.82) is 0 Å². The summed E-state index contributed by atoms with van der Waals surface area (Å²) >= 11 is 3.47. The molecule has 2 rings (SSSR count). The van der Waals surface area contributed by atoms with Crippen LogP contribution in [0.25, 0.3) is 11.3 Å². The summed E-state index contributed by atoms with van der Waals surface area (Å²) in [4.78, 5) is 0. The fourth-order valence-electron chi connectivity index (χ4n) is 1.78. The number of benzene rings is 1. The lowest BCUT2D eigenvalue weighted by molar-refractivity contribution is 0.458. The Bertz CT molecular complexity index is 519. The second kappa shape index (κ2) is 5.07. The molecule has 17 heavy (non-hydrogen) atoms. The molecular formula is C14H16BrNO. The third kappa shape index (κ3) is 2.61. The number of nitrogens with one attached hydrogen (secondary N) is 1. The van der Waals surface area contributed by atoms with Gasteiger partial charge in [-0.05, 0) is 56.8 Å². The number of hydrogen-bond acceptors (Lipinski definition) is 2. The van der Waals surface area contributed by atoms with Crippen molar-refractivity contribution in [3.63, 3.8) is 0 Å². The maximum atomic E-state index is 5.87. The average molecular weight is 294 g/mol. The Morgan fingerprint density at radius 2 is 2.00 bits per heavy atom. The topological polar surface area (TPSA) is 25.2 Å². The molecule has 90 valence electrons. The highest BCUT2D eigenvalue weighted by Gasteiger charge is 2.11. The summed E-state index contributed by atoms with van der Waals surface area (Å²) in [5.74, 6) is 1.89. The van der Waals surface area contributed by atoms with Gasteiger partial charge in [0.2, 0.25) is 0 Å². The molecule has 0 bridgehead atoms. The Morgan fingerprint density at radius 3 is 2.65 bits per heavy atom. The van der Waals surface area contributed by atoms with Crippen molar-refractivity contribution < 1.29 is 4.42 Å². The fraction of sp³-hybridized carbons (Fsp3) is 0.286. The Morgan fingerprint density at radius 1 is 1.24 bits per heavy atom. The molecule has 2 nitrogen and oxygen atoms in total. The summed E-state index contributed by atoms with van der Waals surface area (Å²) in [6.07, 6.45) is 0. The lowest BCUT2D eigenvalue weighted by atomic mass is 10.1. The Balaban J connectivity index is 2.37. The molecule has 0 aliphatic rings. The molecule has 1 aromatic heterocycles. The first kappa shape index (κ1) is 12.4. The standard InChI is InChI=1S/C14H16BrNO/c1-9-8-11(15)4-5-12(9)14-7-6-13(17-14)10(2)16-3/h4-8,10,16H,1-3H3. The van der Waals surface area contributed by atoms with E-state index in [-0.39, 0.29) is 6.04 Å². The van der Waals surface area contributed by atoms with Crippen LogP contribution in [0.5, 0.6) is 0 Å². The minimum atomic E-state index is 0.236. The third-order valence-electron chi connectivity index (χ3n) is 2.94. The predicted octanol–water partition coefficient (Wildman–Crippen LogP) is 4.30. The van der Waals surface area contributed by atoms with Gasteiger partial charge >= 0.3 is 0 Å². The molecule has 0 saturated heterocycles. The van der Waals surface area contributed by atoms with Crippen molar-refractivity contribution in [1.82, 2.24) is 5.32 Å². The maximum absolute atomic E-state index is 5.87. The van der Waals surface area contributed by atoms with Crippen LogP contribution in [-0.4, -0.2) is 7.05 Å². The van der Waals surface area contributed by atoms with Crippen LogP contribution in [0.3, 0.4) is 0 Å². The molecule has 0 aliphatic carbocycles. The van der Waals surface area contributed by atoms with Crippen molar-refractivity contribution in [2.45, 2.75) is 19.9 Å². The minimum absolute atomic E-state index is 0.236. The number of halogens is 1. The zero-order valence-electron chi connectivity index (χ0n) is 10.3. The van der Waals surface area contributed by atoms with Gasteiger partial charge in [-0.1, -0.05) is 15.9 Å². The number of furan rings is 1. The van der Waals surface area contributed by atoms with Gasteiger partial charge in [-0.15, -0.1) is 0 Å². The molecule has 0 radical (unpaired) electrons. The molecule has 1 aromatic carbocycles. The molecule has 0 spiro atoms. The van der Waals surface area contributed by atoms with Crippen LogP contribution in [0.4, 0.5) is 0 Å². The third-order valence-corrected chi connectivity index (χ3v) is 3.43. The summed E-state index contributed by atoms with van der Waals surface area (Å²) in [6, 6.07) is 10.5. The highest BCUT2D eigenvalue weighted by molar-refractivity contribution is 9.10. The molecule has 1 atom stereocenters. The number of aryl methyl sites for hydroxylation is 1. The summed E-state index contributed by atoms with van der Waals surface area (Å²) in [7, 11) is 1.93. The molecular weight excluding hydrogens is 278 g/mol. The molecule has 2 aromatic rings. The van der Waals surface area contributed by atoms with Crippen LogP contribution in [0.15, 0.2) is 39.2 Å². The molecule has 3 heteroatoms. The summed E-state index contributed by atoms with van der Waals surface area (Å²) in [6.45, 7) is 4.17. The highest BCUT2D eigenvalue weighted by atomic mass is 79.9. The maximum Gasteiger partial charge on any atom is 0.134 e. The lowest BCUT2D eigenvalue weighted by Crippen LogP contribution is -2.11. The van der Waals surface area contributed by atoms with Crippen LogP contribution in [-0.2, 0) is 0 Å². The first-order chi connectivity index (χ1) is 8.11. The zero-order chi connectivity index (χ0) is 12.4. The van der Waals surface area contributed by atoms with E-state index in [1.165, 1.54) is 5.56 Å². The molecule has 1 heterocycles. The summed E-state index contributed by atoms with van der Waals surface area (Å²) in [5, 5.41) is 3.17. The summed E-state index contributed by atoms with van der Waals surface area (Å²) < 4.78 is 6.96. The molecule has 1 unspecified atom stereocenters. The van der Waals surface area contributed by atoms with E-state index in [0.717, 1.165) is 21.6 Å². The Hall–Kier alpha value is -1.06. The van der Waals surface area contributed by atoms with E-state index in [9.17, 15) is 0 Å². The van der Waals surface area contributed by atoms with Crippen LogP contribution in [0.1, 0.15) is 24.3 Å². The van der Waals surface area contributed by atoms with E-state index < -0.39 is 0 Å². The van der Waals surface area contributed by atoms with Crippen LogP contribution in [0.2, 0.25) is 0 Å². The summed E-state index contributed by atoms with van der Waals surface area (Å²) in [5.41, 5.74) is 2.35. The largest absolute Gasteiger partial charge is 0.459 e. The van der Waals surface area contributed by atoms with Gasteiger partial charge in [0, 0.05) is 10.0 Å². The number of hydrogen-bond donors (Lipinski definition) is 1. The molecule has 0 saturated carbocycles. The SMILES string of the molecule is CNC(C)c1ccc(-c2ccc(Br)cc2C)o1. The van der Waals surface area contributed by atoms with Crippen LogP contribution in [0, 0.1) is 6.92 Å². The number of rotatable bonds is 3. The monoisotopic (exact) mass is 293 g/mol. The quantitative estimate of drug-likeness (QED) is 0.913. The minimum Gasteiger partial charge on any atom is -0.459 e. The van der Waals surface area contributed by atoms with Gasteiger partial charge in [0.25, 0.3) is 0 Å². The van der Waals surface area contributed by atoms with E-state index in [2.05, 4.69) is 47.2 Å². The Kier molecular flexibility index (Phi) is 3.69. The van der Waals surface area contributed by atoms with Gasteiger partial charge in [0.15, 0.2) is 0 Å². The average Bonchev–Trinajstić information content (AvgIpc) is 2.77. The molecule has 0 amide bonds. The van der Waals surface area contributed by atoms with Gasteiger partial charge in [-0.2, -0.15) is 0 Å². The van der Waals surface area contributed by atoms with Crippen molar-refractivity contribution in [2.24, 2.45) is 0 Å². The van der Waals surface area contributed by atoms with E-state index in [0.29, 0.717) is 0 Å². The normalized spacial score (nSPS) is 12.7. The van der Waals surface area contributed by atoms with Gasteiger partial charge in [0.1, 0.15) is 11.5 Å². The fourth-order valence-corrected chi connectivity index (χ4v) is 2.25. The second-order valence-electron chi connectivity index (χ2n) is 4.17. The van der Waals surface area contributed by atoms with Crippen molar-refractivity contribution >= 4 is 15.9 Å². The molecule has 0 aliphatic heterocycles. The van der Waals surface area contributed by atoms with Crippen molar-refractivity contribution in [3.8, 4) is 11.3 Å². The zero-order valence-corrected chi connectivity index (χ0v) is 11.8. The second-order valence-corrected chi connectivity index (χ2v) is 5.09. The van der Waals surface area contributed by atoms with Gasteiger partial charge in [-0.25, -0.2) is 0 Å². The van der Waals surface area contributed by atoms with E-state index in [1.54, 1.807) is 0 Å². The Labute approximate surface area is 110 Å². The van der Waals surface area contributed by atoms with Gasteiger partial charge in [0.05, 0.1) is 6.04 Å². The van der Waals surface area contributed by atoms with Gasteiger partial charge < -0.3 is 9.73 Å². The first-order valence-corrected chi connectivity index (χ1v) is 6.44. The van der Waals surface area contributed by atoms with E-state index in [4.69, 9.17) is 4.42 Å².